The summed E-state index contributed by atoms with van der Waals surface area (Å²) < 4.78 is 10.6. The maximum atomic E-state index is 11.8. The van der Waals surface area contributed by atoms with E-state index in [4.69, 9.17) is 9.47 Å². The van der Waals surface area contributed by atoms with Gasteiger partial charge in [-0.15, -0.1) is 0 Å². The quantitative estimate of drug-likeness (QED) is 0.626. The summed E-state index contributed by atoms with van der Waals surface area (Å²) in [5, 5.41) is 2.91. The zero-order valence-corrected chi connectivity index (χ0v) is 13.5. The smallest absolute Gasteiger partial charge is 0.243 e. The van der Waals surface area contributed by atoms with E-state index in [0.717, 1.165) is 36.3 Å². The van der Waals surface area contributed by atoms with E-state index in [2.05, 4.69) is 29.6 Å². The van der Waals surface area contributed by atoms with Crippen molar-refractivity contribution in [2.24, 2.45) is 0 Å². The third-order valence-electron chi connectivity index (χ3n) is 3.86. The van der Waals surface area contributed by atoms with E-state index in [0.29, 0.717) is 6.54 Å². The van der Waals surface area contributed by atoms with Gasteiger partial charge in [0.1, 0.15) is 0 Å². The Kier molecular flexibility index (Phi) is 5.51. The Hall–Kier alpha value is -2.75. The minimum Gasteiger partial charge on any atom is -0.454 e. The van der Waals surface area contributed by atoms with E-state index < -0.39 is 0 Å². The standard InChI is InChI=1S/C20H21NO3/c22-20(21-13-5-4-8-16-6-2-1-3-7-16)12-10-17-9-11-18-19(14-17)24-15-23-18/h1-3,6-7,9-12,14H,4-5,8,13,15H2,(H,21,22). The van der Waals surface area contributed by atoms with Gasteiger partial charge in [0, 0.05) is 12.6 Å². The molecule has 0 bridgehead atoms. The fourth-order valence-corrected chi connectivity index (χ4v) is 2.56. The number of carbonyl (C=O) groups is 1. The number of carbonyl (C=O) groups excluding carboxylic acids is 1. The normalized spacial score (nSPS) is 12.5. The molecule has 0 spiro atoms. The first-order valence-electron chi connectivity index (χ1n) is 8.21. The number of ether oxygens (including phenoxy) is 2. The summed E-state index contributed by atoms with van der Waals surface area (Å²) in [5.41, 5.74) is 2.25. The third-order valence-corrected chi connectivity index (χ3v) is 3.86. The van der Waals surface area contributed by atoms with Gasteiger partial charge in [-0.25, -0.2) is 0 Å². The first-order chi connectivity index (χ1) is 11.8. The van der Waals surface area contributed by atoms with Crippen LogP contribution in [-0.2, 0) is 11.2 Å². The molecule has 4 heteroatoms. The number of aryl methyl sites for hydroxylation is 1. The maximum Gasteiger partial charge on any atom is 0.243 e. The Bertz CT molecular complexity index is 710. The lowest BCUT2D eigenvalue weighted by molar-refractivity contribution is -0.116. The van der Waals surface area contributed by atoms with Gasteiger partial charge < -0.3 is 14.8 Å². The molecule has 3 rings (SSSR count). The minimum absolute atomic E-state index is 0.0765. The van der Waals surface area contributed by atoms with Crippen LogP contribution in [0.25, 0.3) is 6.08 Å². The van der Waals surface area contributed by atoms with Crippen LogP contribution in [0.4, 0.5) is 0 Å². The van der Waals surface area contributed by atoms with Crippen molar-refractivity contribution in [2.75, 3.05) is 13.3 Å². The Labute approximate surface area is 142 Å². The molecule has 24 heavy (non-hydrogen) atoms. The van der Waals surface area contributed by atoms with Crippen LogP contribution in [0.3, 0.4) is 0 Å². The third kappa shape index (κ3) is 4.62. The lowest BCUT2D eigenvalue weighted by Gasteiger charge is -2.03. The maximum absolute atomic E-state index is 11.8. The molecule has 0 unspecified atom stereocenters. The van der Waals surface area contributed by atoms with E-state index >= 15 is 0 Å². The van der Waals surface area contributed by atoms with Gasteiger partial charge >= 0.3 is 0 Å². The minimum atomic E-state index is -0.0765. The molecule has 0 saturated carbocycles. The molecule has 0 aromatic heterocycles. The second-order valence-corrected chi connectivity index (χ2v) is 5.68. The number of hydrogen-bond donors (Lipinski definition) is 1. The van der Waals surface area contributed by atoms with Gasteiger partial charge in [0.25, 0.3) is 0 Å². The van der Waals surface area contributed by atoms with E-state index in [9.17, 15) is 4.79 Å². The second-order valence-electron chi connectivity index (χ2n) is 5.68. The summed E-state index contributed by atoms with van der Waals surface area (Å²) >= 11 is 0. The predicted octanol–water partition coefficient (Wildman–Crippen LogP) is 3.57. The van der Waals surface area contributed by atoms with Crippen LogP contribution in [0.2, 0.25) is 0 Å². The van der Waals surface area contributed by atoms with Crippen molar-refractivity contribution in [1.82, 2.24) is 5.32 Å². The summed E-state index contributed by atoms with van der Waals surface area (Å²) in [6.45, 7) is 0.948. The molecular weight excluding hydrogens is 302 g/mol. The van der Waals surface area contributed by atoms with Crippen LogP contribution >= 0.6 is 0 Å². The molecule has 1 amide bonds. The first-order valence-corrected chi connectivity index (χ1v) is 8.21. The number of nitrogens with one attached hydrogen (secondary N) is 1. The summed E-state index contributed by atoms with van der Waals surface area (Å²) in [7, 11) is 0. The summed E-state index contributed by atoms with van der Waals surface area (Å²) in [6, 6.07) is 16.0. The average molecular weight is 323 g/mol. The average Bonchev–Trinajstić information content (AvgIpc) is 3.08. The molecule has 2 aromatic carbocycles. The number of fused-ring (bicyclic) bond motifs is 1. The molecule has 0 fully saturated rings. The summed E-state index contributed by atoms with van der Waals surface area (Å²) in [5.74, 6) is 1.39. The zero-order valence-electron chi connectivity index (χ0n) is 13.5. The van der Waals surface area contributed by atoms with Crippen molar-refractivity contribution < 1.29 is 14.3 Å². The molecule has 1 N–H and O–H groups in total. The van der Waals surface area contributed by atoms with Gasteiger partial charge in [-0.3, -0.25) is 4.79 Å². The van der Waals surface area contributed by atoms with Crippen molar-refractivity contribution in [3.63, 3.8) is 0 Å². The lowest BCUT2D eigenvalue weighted by atomic mass is 10.1. The highest BCUT2D eigenvalue weighted by Crippen LogP contribution is 2.32. The molecule has 0 radical (unpaired) electrons. The fraction of sp³-hybridized carbons (Fsp3) is 0.250. The molecular formula is C20H21NO3. The van der Waals surface area contributed by atoms with Crippen LogP contribution in [-0.4, -0.2) is 19.2 Å². The van der Waals surface area contributed by atoms with Gasteiger partial charge in [-0.1, -0.05) is 36.4 Å². The van der Waals surface area contributed by atoms with Crippen molar-refractivity contribution in [3.8, 4) is 11.5 Å². The van der Waals surface area contributed by atoms with Crippen LogP contribution in [0.1, 0.15) is 24.0 Å². The first kappa shape index (κ1) is 16.1. The number of hydrogen-bond acceptors (Lipinski definition) is 3. The van der Waals surface area contributed by atoms with Gasteiger partial charge in [0.05, 0.1) is 0 Å². The SMILES string of the molecule is O=C(C=Cc1ccc2c(c1)OCO2)NCCCCc1ccccc1. The summed E-state index contributed by atoms with van der Waals surface area (Å²) in [6.07, 6.45) is 6.41. The lowest BCUT2D eigenvalue weighted by Crippen LogP contribution is -2.22. The van der Waals surface area contributed by atoms with Gasteiger partial charge in [-0.05, 0) is 48.6 Å². The van der Waals surface area contributed by atoms with Crippen molar-refractivity contribution in [1.29, 1.82) is 0 Å². The Morgan fingerprint density at radius 3 is 2.75 bits per heavy atom. The molecule has 4 nitrogen and oxygen atoms in total. The highest BCUT2D eigenvalue weighted by atomic mass is 16.7. The number of rotatable bonds is 7. The zero-order chi connectivity index (χ0) is 16.6. The molecule has 124 valence electrons. The molecule has 1 aliphatic rings. The molecule has 0 saturated heterocycles. The number of unbranched alkanes of at least 4 members (excludes halogenated alkanes) is 1. The van der Waals surface area contributed by atoms with E-state index in [1.54, 1.807) is 12.2 Å². The van der Waals surface area contributed by atoms with E-state index in [1.165, 1.54) is 5.56 Å². The molecule has 0 aliphatic carbocycles. The Balaban J connectivity index is 1.36. The largest absolute Gasteiger partial charge is 0.454 e. The molecule has 1 heterocycles. The molecule has 2 aromatic rings. The van der Waals surface area contributed by atoms with Crippen LogP contribution < -0.4 is 14.8 Å². The van der Waals surface area contributed by atoms with Crippen molar-refractivity contribution in [2.45, 2.75) is 19.3 Å². The predicted molar refractivity (Wildman–Crippen MR) is 94.0 cm³/mol. The van der Waals surface area contributed by atoms with E-state index in [1.807, 2.05) is 24.3 Å². The van der Waals surface area contributed by atoms with Gasteiger partial charge in [0.2, 0.25) is 12.7 Å². The molecule has 1 aliphatic heterocycles. The van der Waals surface area contributed by atoms with Gasteiger partial charge in [-0.2, -0.15) is 0 Å². The Morgan fingerprint density at radius 2 is 1.88 bits per heavy atom. The fourth-order valence-electron chi connectivity index (χ4n) is 2.56. The number of benzene rings is 2. The van der Waals surface area contributed by atoms with E-state index in [-0.39, 0.29) is 12.7 Å². The highest BCUT2D eigenvalue weighted by molar-refractivity contribution is 5.91. The van der Waals surface area contributed by atoms with Crippen LogP contribution in [0.5, 0.6) is 11.5 Å². The number of amides is 1. The highest BCUT2D eigenvalue weighted by Gasteiger charge is 2.12. The monoisotopic (exact) mass is 323 g/mol. The Morgan fingerprint density at radius 1 is 1.04 bits per heavy atom. The topological polar surface area (TPSA) is 47.6 Å². The summed E-state index contributed by atoms with van der Waals surface area (Å²) in [4.78, 5) is 11.8. The van der Waals surface area contributed by atoms with Crippen LogP contribution in [0.15, 0.2) is 54.6 Å². The second kappa shape index (κ2) is 8.20. The van der Waals surface area contributed by atoms with Crippen molar-refractivity contribution >= 4 is 12.0 Å². The van der Waals surface area contributed by atoms with Gasteiger partial charge in [0.15, 0.2) is 11.5 Å². The molecule has 0 atom stereocenters. The van der Waals surface area contributed by atoms with Crippen molar-refractivity contribution in [3.05, 3.63) is 65.7 Å². The van der Waals surface area contributed by atoms with Crippen LogP contribution in [0, 0.1) is 0 Å².